The van der Waals surface area contributed by atoms with Gasteiger partial charge in [0.2, 0.25) is 17.7 Å². The molecule has 7 nitrogen and oxygen atoms in total. The predicted molar refractivity (Wildman–Crippen MR) is 109 cm³/mol. The van der Waals surface area contributed by atoms with E-state index in [-0.39, 0.29) is 17.4 Å². The maximum absolute atomic E-state index is 11.3. The molecule has 8 heteroatoms. The number of amides is 1. The van der Waals surface area contributed by atoms with Gasteiger partial charge >= 0.3 is 0 Å². The van der Waals surface area contributed by atoms with E-state index in [1.165, 1.54) is 6.92 Å². The molecule has 0 bridgehead atoms. The Kier molecular flexibility index (Phi) is 4.71. The summed E-state index contributed by atoms with van der Waals surface area (Å²) in [4.78, 5) is 11.3. The maximum atomic E-state index is 11.3. The van der Waals surface area contributed by atoms with Crippen LogP contribution in [0.4, 0.5) is 5.69 Å². The van der Waals surface area contributed by atoms with Crippen molar-refractivity contribution in [1.82, 2.24) is 10.2 Å². The summed E-state index contributed by atoms with van der Waals surface area (Å²) in [6.07, 6.45) is 0. The standard InChI is InChI=1S/C21H16ClN5O2/c1-11(28)25-13-8-6-12(7-9-13)17-15(10-23)20(24)29-21-18(17)19(26-27-21)14-4-2-3-5-16(14)22/h2-9,17H,24H2,1H3,(H,25,28)(H,26,27)/t17-/m0/s1. The molecule has 2 aromatic carbocycles. The Morgan fingerprint density at radius 3 is 2.66 bits per heavy atom. The summed E-state index contributed by atoms with van der Waals surface area (Å²) in [6, 6.07) is 16.7. The molecule has 1 aliphatic heterocycles. The quantitative estimate of drug-likeness (QED) is 0.610. The van der Waals surface area contributed by atoms with Crippen molar-refractivity contribution in [3.05, 3.63) is 76.1 Å². The van der Waals surface area contributed by atoms with E-state index in [1.54, 1.807) is 18.2 Å². The highest BCUT2D eigenvalue weighted by molar-refractivity contribution is 6.33. The van der Waals surface area contributed by atoms with Gasteiger partial charge in [0, 0.05) is 23.2 Å². The number of rotatable bonds is 3. The van der Waals surface area contributed by atoms with Gasteiger partial charge in [-0.05, 0) is 23.8 Å². The number of anilines is 1. The van der Waals surface area contributed by atoms with Gasteiger partial charge in [-0.3, -0.25) is 9.89 Å². The molecule has 0 saturated carbocycles. The van der Waals surface area contributed by atoms with Crippen LogP contribution in [0.25, 0.3) is 11.3 Å². The first kappa shape index (κ1) is 18.6. The molecule has 1 aromatic heterocycles. The van der Waals surface area contributed by atoms with E-state index in [2.05, 4.69) is 21.6 Å². The first-order valence-electron chi connectivity index (χ1n) is 8.78. The molecule has 0 radical (unpaired) electrons. The van der Waals surface area contributed by atoms with E-state index in [0.29, 0.717) is 27.8 Å². The summed E-state index contributed by atoms with van der Waals surface area (Å²) in [6.45, 7) is 1.44. The van der Waals surface area contributed by atoms with Crippen molar-refractivity contribution in [3.8, 4) is 23.2 Å². The zero-order valence-corrected chi connectivity index (χ0v) is 16.1. The van der Waals surface area contributed by atoms with Crippen LogP contribution in [-0.2, 0) is 4.79 Å². The second kappa shape index (κ2) is 7.34. The van der Waals surface area contributed by atoms with Crippen LogP contribution in [0.3, 0.4) is 0 Å². The number of hydrogen-bond donors (Lipinski definition) is 3. The number of benzene rings is 2. The minimum Gasteiger partial charge on any atom is -0.420 e. The Morgan fingerprint density at radius 2 is 2.00 bits per heavy atom. The van der Waals surface area contributed by atoms with E-state index in [9.17, 15) is 10.1 Å². The average Bonchev–Trinajstić information content (AvgIpc) is 3.10. The first-order chi connectivity index (χ1) is 14.0. The number of nitrogens with zero attached hydrogens (tertiary/aromatic N) is 2. The Labute approximate surface area is 171 Å². The third-order valence-electron chi connectivity index (χ3n) is 4.65. The number of nitriles is 1. The minimum absolute atomic E-state index is 0.00754. The lowest BCUT2D eigenvalue weighted by molar-refractivity contribution is -0.114. The van der Waals surface area contributed by atoms with Gasteiger partial charge in [0.15, 0.2) is 0 Å². The molecule has 144 valence electrons. The molecule has 29 heavy (non-hydrogen) atoms. The number of aromatic nitrogens is 2. The predicted octanol–water partition coefficient (Wildman–Crippen LogP) is 3.91. The molecule has 4 rings (SSSR count). The average molecular weight is 406 g/mol. The van der Waals surface area contributed by atoms with Gasteiger partial charge in [-0.2, -0.15) is 5.26 Å². The topological polar surface area (TPSA) is 117 Å². The van der Waals surface area contributed by atoms with Crippen molar-refractivity contribution in [1.29, 1.82) is 5.26 Å². The van der Waals surface area contributed by atoms with Crippen molar-refractivity contribution in [3.63, 3.8) is 0 Å². The lowest BCUT2D eigenvalue weighted by atomic mass is 9.83. The highest BCUT2D eigenvalue weighted by Gasteiger charge is 2.35. The van der Waals surface area contributed by atoms with Crippen LogP contribution >= 0.6 is 11.6 Å². The van der Waals surface area contributed by atoms with E-state index >= 15 is 0 Å². The smallest absolute Gasteiger partial charge is 0.244 e. The lowest BCUT2D eigenvalue weighted by Gasteiger charge is -2.24. The number of carbonyl (C=O) groups is 1. The van der Waals surface area contributed by atoms with Gasteiger partial charge in [0.25, 0.3) is 0 Å². The third-order valence-corrected chi connectivity index (χ3v) is 4.98. The normalized spacial score (nSPS) is 15.3. The molecule has 3 aromatic rings. The number of nitrogens with one attached hydrogen (secondary N) is 2. The molecule has 0 spiro atoms. The lowest BCUT2D eigenvalue weighted by Crippen LogP contribution is -2.21. The summed E-state index contributed by atoms with van der Waals surface area (Å²) < 4.78 is 5.60. The molecule has 2 heterocycles. The van der Waals surface area contributed by atoms with Gasteiger partial charge in [0.05, 0.1) is 17.2 Å². The van der Waals surface area contributed by atoms with Crippen LogP contribution in [0, 0.1) is 11.3 Å². The number of nitrogens with two attached hydrogens (primary N) is 1. The SMILES string of the molecule is CC(=O)Nc1ccc([C@H]2C(C#N)=C(N)Oc3n[nH]c(-c4ccccc4Cl)c32)cc1. The summed E-state index contributed by atoms with van der Waals surface area (Å²) in [7, 11) is 0. The Hall–Kier alpha value is -3.76. The minimum atomic E-state index is -0.500. The summed E-state index contributed by atoms with van der Waals surface area (Å²) in [5.74, 6) is -0.357. The number of halogens is 1. The molecular formula is C21H16ClN5O2. The fourth-order valence-corrected chi connectivity index (χ4v) is 3.64. The van der Waals surface area contributed by atoms with Crippen LogP contribution in [0.1, 0.15) is 24.0 Å². The first-order valence-corrected chi connectivity index (χ1v) is 9.15. The zero-order chi connectivity index (χ0) is 20.5. The number of ether oxygens (including phenoxy) is 1. The van der Waals surface area contributed by atoms with Crippen LogP contribution in [-0.4, -0.2) is 16.1 Å². The number of carbonyl (C=O) groups excluding carboxylic acids is 1. The Balaban J connectivity index is 1.88. The fraction of sp³-hybridized carbons (Fsp3) is 0.0952. The zero-order valence-electron chi connectivity index (χ0n) is 15.4. The van der Waals surface area contributed by atoms with Crippen molar-refractivity contribution in [2.45, 2.75) is 12.8 Å². The van der Waals surface area contributed by atoms with E-state index in [1.807, 2.05) is 30.3 Å². The van der Waals surface area contributed by atoms with Gasteiger partial charge in [-0.25, -0.2) is 0 Å². The number of H-pyrrole nitrogens is 1. The molecular weight excluding hydrogens is 390 g/mol. The largest absolute Gasteiger partial charge is 0.420 e. The van der Waals surface area contributed by atoms with Crippen molar-refractivity contribution >= 4 is 23.2 Å². The van der Waals surface area contributed by atoms with Crippen molar-refractivity contribution in [2.24, 2.45) is 5.73 Å². The second-order valence-electron chi connectivity index (χ2n) is 6.53. The van der Waals surface area contributed by atoms with E-state index < -0.39 is 5.92 Å². The molecule has 0 unspecified atom stereocenters. The molecule has 0 aliphatic carbocycles. The molecule has 1 amide bonds. The van der Waals surface area contributed by atoms with Gasteiger partial charge in [-0.1, -0.05) is 41.9 Å². The molecule has 0 fully saturated rings. The maximum Gasteiger partial charge on any atom is 0.244 e. The monoisotopic (exact) mass is 405 g/mol. The van der Waals surface area contributed by atoms with Crippen LogP contribution in [0.5, 0.6) is 5.88 Å². The van der Waals surface area contributed by atoms with E-state index in [0.717, 1.165) is 11.1 Å². The van der Waals surface area contributed by atoms with Crippen molar-refractivity contribution < 1.29 is 9.53 Å². The third kappa shape index (κ3) is 3.30. The van der Waals surface area contributed by atoms with Gasteiger partial charge in [0.1, 0.15) is 11.6 Å². The highest BCUT2D eigenvalue weighted by atomic mass is 35.5. The highest BCUT2D eigenvalue weighted by Crippen LogP contribution is 2.46. The summed E-state index contributed by atoms with van der Waals surface area (Å²) in [5, 5.41) is 20.2. The van der Waals surface area contributed by atoms with Crippen LogP contribution in [0.15, 0.2) is 60.0 Å². The number of fused-ring (bicyclic) bond motifs is 1. The van der Waals surface area contributed by atoms with Gasteiger partial charge in [-0.15, -0.1) is 5.10 Å². The molecule has 1 atom stereocenters. The summed E-state index contributed by atoms with van der Waals surface area (Å²) >= 11 is 6.39. The van der Waals surface area contributed by atoms with E-state index in [4.69, 9.17) is 22.1 Å². The van der Waals surface area contributed by atoms with Crippen molar-refractivity contribution in [2.75, 3.05) is 5.32 Å². The number of aromatic amines is 1. The van der Waals surface area contributed by atoms with Crippen LogP contribution < -0.4 is 15.8 Å². The van der Waals surface area contributed by atoms with Gasteiger partial charge < -0.3 is 15.8 Å². The number of allylic oxidation sites excluding steroid dienone is 1. The van der Waals surface area contributed by atoms with Crippen LogP contribution in [0.2, 0.25) is 5.02 Å². The summed E-state index contributed by atoms with van der Waals surface area (Å²) in [5.41, 5.74) is 9.81. The fourth-order valence-electron chi connectivity index (χ4n) is 3.41. The Morgan fingerprint density at radius 1 is 1.28 bits per heavy atom. The number of hydrogen-bond acceptors (Lipinski definition) is 5. The molecule has 1 aliphatic rings. The molecule has 0 saturated heterocycles. The Bertz CT molecular complexity index is 1170. The molecule has 4 N–H and O–H groups in total. The second-order valence-corrected chi connectivity index (χ2v) is 6.93.